The molecule has 0 aliphatic rings. The van der Waals surface area contributed by atoms with Crippen molar-refractivity contribution in [3.63, 3.8) is 0 Å². The third-order valence-electron chi connectivity index (χ3n) is 3.49. The number of methoxy groups -OCH3 is 1. The molecule has 6 nitrogen and oxygen atoms in total. The van der Waals surface area contributed by atoms with Crippen molar-refractivity contribution in [3.05, 3.63) is 58.9 Å². The number of H-pyrrole nitrogens is 1. The molecule has 0 atom stereocenters. The zero-order valence-electron chi connectivity index (χ0n) is 14.0. The van der Waals surface area contributed by atoms with Gasteiger partial charge in [-0.2, -0.15) is 14.9 Å². The zero-order chi connectivity index (χ0) is 17.6. The van der Waals surface area contributed by atoms with E-state index in [2.05, 4.69) is 15.3 Å². The van der Waals surface area contributed by atoms with E-state index in [1.807, 2.05) is 55.5 Å². The van der Waals surface area contributed by atoms with Crippen LogP contribution in [0, 0.1) is 4.77 Å². The molecule has 0 fully saturated rings. The summed E-state index contributed by atoms with van der Waals surface area (Å²) in [7, 11) is 1.64. The SMILES string of the molecule is CCOc1cccc(-c2n[nH]c(=S)n2N=Cc2ccc(OC)cc2)c1. The van der Waals surface area contributed by atoms with Crippen LogP contribution in [0.5, 0.6) is 11.5 Å². The van der Waals surface area contributed by atoms with E-state index in [0.29, 0.717) is 17.2 Å². The third kappa shape index (κ3) is 3.95. The molecule has 1 heterocycles. The zero-order valence-corrected chi connectivity index (χ0v) is 14.8. The molecular formula is C18H18N4O2S. The van der Waals surface area contributed by atoms with E-state index in [-0.39, 0.29) is 0 Å². The Morgan fingerprint density at radius 3 is 2.72 bits per heavy atom. The van der Waals surface area contributed by atoms with Crippen molar-refractivity contribution in [2.75, 3.05) is 13.7 Å². The number of rotatable bonds is 6. The summed E-state index contributed by atoms with van der Waals surface area (Å²) in [5, 5.41) is 11.5. The van der Waals surface area contributed by atoms with Gasteiger partial charge in [0.15, 0.2) is 5.82 Å². The first-order chi connectivity index (χ1) is 12.2. The molecule has 0 aliphatic carbocycles. The number of aromatic amines is 1. The molecule has 0 unspecified atom stereocenters. The number of aromatic nitrogens is 3. The van der Waals surface area contributed by atoms with Gasteiger partial charge in [-0.1, -0.05) is 12.1 Å². The highest BCUT2D eigenvalue weighted by molar-refractivity contribution is 7.71. The molecular weight excluding hydrogens is 336 g/mol. The van der Waals surface area contributed by atoms with E-state index >= 15 is 0 Å². The van der Waals surface area contributed by atoms with Crippen molar-refractivity contribution >= 4 is 18.4 Å². The highest BCUT2D eigenvalue weighted by Gasteiger charge is 2.09. The van der Waals surface area contributed by atoms with E-state index in [9.17, 15) is 0 Å². The lowest BCUT2D eigenvalue weighted by atomic mass is 10.2. The Balaban J connectivity index is 1.92. The average molecular weight is 354 g/mol. The fourth-order valence-corrected chi connectivity index (χ4v) is 2.47. The first-order valence-corrected chi connectivity index (χ1v) is 8.21. The van der Waals surface area contributed by atoms with Crippen molar-refractivity contribution in [2.24, 2.45) is 5.10 Å². The van der Waals surface area contributed by atoms with Gasteiger partial charge in [0, 0.05) is 5.56 Å². The van der Waals surface area contributed by atoms with Gasteiger partial charge in [0.2, 0.25) is 4.77 Å². The van der Waals surface area contributed by atoms with Crippen LogP contribution in [0.1, 0.15) is 12.5 Å². The van der Waals surface area contributed by atoms with E-state index in [1.54, 1.807) is 18.0 Å². The molecule has 1 aromatic heterocycles. The maximum absolute atomic E-state index is 5.54. The molecule has 3 rings (SSSR count). The highest BCUT2D eigenvalue weighted by atomic mass is 32.1. The van der Waals surface area contributed by atoms with Crippen molar-refractivity contribution in [1.29, 1.82) is 0 Å². The van der Waals surface area contributed by atoms with Crippen LogP contribution in [0.2, 0.25) is 0 Å². The summed E-state index contributed by atoms with van der Waals surface area (Å²) in [6.07, 6.45) is 1.72. The summed E-state index contributed by atoms with van der Waals surface area (Å²) < 4.78 is 12.7. The van der Waals surface area contributed by atoms with Crippen LogP contribution < -0.4 is 9.47 Å². The van der Waals surface area contributed by atoms with Gasteiger partial charge in [-0.15, -0.1) is 0 Å². The van der Waals surface area contributed by atoms with E-state index < -0.39 is 0 Å². The fraction of sp³-hybridized carbons (Fsp3) is 0.167. The largest absolute Gasteiger partial charge is 0.497 e. The van der Waals surface area contributed by atoms with Crippen LogP contribution in [0.15, 0.2) is 53.6 Å². The first-order valence-electron chi connectivity index (χ1n) is 7.80. The molecule has 128 valence electrons. The molecule has 0 bridgehead atoms. The molecule has 0 saturated carbocycles. The third-order valence-corrected chi connectivity index (χ3v) is 3.76. The Kier molecular flexibility index (Phi) is 5.25. The maximum atomic E-state index is 5.54. The van der Waals surface area contributed by atoms with E-state index in [1.165, 1.54) is 0 Å². The minimum absolute atomic E-state index is 0.418. The van der Waals surface area contributed by atoms with Crippen LogP contribution in [0.25, 0.3) is 11.4 Å². The molecule has 2 aromatic carbocycles. The molecule has 25 heavy (non-hydrogen) atoms. The fourth-order valence-electron chi connectivity index (χ4n) is 2.29. The van der Waals surface area contributed by atoms with Gasteiger partial charge < -0.3 is 9.47 Å². The lowest BCUT2D eigenvalue weighted by Crippen LogP contribution is -1.96. The average Bonchev–Trinajstić information content (AvgIpc) is 3.01. The van der Waals surface area contributed by atoms with Crippen LogP contribution in [0.3, 0.4) is 0 Å². The van der Waals surface area contributed by atoms with Gasteiger partial charge in [0.1, 0.15) is 11.5 Å². The monoisotopic (exact) mass is 354 g/mol. The summed E-state index contributed by atoms with van der Waals surface area (Å²) >= 11 is 5.29. The molecule has 0 spiro atoms. The molecule has 0 amide bonds. The number of nitrogens with zero attached hydrogens (tertiary/aromatic N) is 3. The molecule has 0 radical (unpaired) electrons. The standard InChI is InChI=1S/C18H18N4O2S/c1-3-24-16-6-4-5-14(11-16)17-20-21-18(25)22(17)19-12-13-7-9-15(23-2)10-8-13/h4-12H,3H2,1-2H3,(H,21,25). The van der Waals surface area contributed by atoms with Crippen LogP contribution >= 0.6 is 12.2 Å². The topological polar surface area (TPSA) is 64.4 Å². The maximum Gasteiger partial charge on any atom is 0.216 e. The molecule has 0 aliphatic heterocycles. The summed E-state index contributed by atoms with van der Waals surface area (Å²) in [5.41, 5.74) is 1.79. The van der Waals surface area contributed by atoms with Gasteiger partial charge in [-0.05, 0) is 61.1 Å². The first kappa shape index (κ1) is 16.9. The Morgan fingerprint density at radius 1 is 1.20 bits per heavy atom. The predicted octanol–water partition coefficient (Wildman–Crippen LogP) is 3.90. The normalized spacial score (nSPS) is 11.0. The minimum Gasteiger partial charge on any atom is -0.497 e. The number of nitrogens with one attached hydrogen (secondary N) is 1. The quantitative estimate of drug-likeness (QED) is 0.539. The van der Waals surface area contributed by atoms with Gasteiger partial charge in [0.25, 0.3) is 0 Å². The number of hydrogen-bond acceptors (Lipinski definition) is 5. The van der Waals surface area contributed by atoms with Gasteiger partial charge in [-0.25, -0.2) is 5.10 Å². The number of benzene rings is 2. The lowest BCUT2D eigenvalue weighted by Gasteiger charge is -2.05. The molecule has 7 heteroatoms. The summed E-state index contributed by atoms with van der Waals surface area (Å²) in [6, 6.07) is 15.3. The van der Waals surface area contributed by atoms with Gasteiger partial charge in [-0.3, -0.25) is 0 Å². The second-order valence-electron chi connectivity index (χ2n) is 5.14. The van der Waals surface area contributed by atoms with Gasteiger partial charge in [0.05, 0.1) is 19.9 Å². The van der Waals surface area contributed by atoms with Crippen LogP contribution in [-0.4, -0.2) is 34.8 Å². The summed E-state index contributed by atoms with van der Waals surface area (Å²) in [4.78, 5) is 0. The van der Waals surface area contributed by atoms with E-state index in [4.69, 9.17) is 21.7 Å². The molecule has 1 N–H and O–H groups in total. The van der Waals surface area contributed by atoms with Crippen molar-refractivity contribution in [3.8, 4) is 22.9 Å². The molecule has 0 saturated heterocycles. The molecule has 3 aromatic rings. The number of hydrogen-bond donors (Lipinski definition) is 1. The smallest absolute Gasteiger partial charge is 0.216 e. The Bertz CT molecular complexity index is 929. The minimum atomic E-state index is 0.418. The van der Waals surface area contributed by atoms with Crippen LogP contribution in [0.4, 0.5) is 0 Å². The second-order valence-corrected chi connectivity index (χ2v) is 5.53. The van der Waals surface area contributed by atoms with Gasteiger partial charge >= 0.3 is 0 Å². The number of ether oxygens (including phenoxy) is 2. The lowest BCUT2D eigenvalue weighted by molar-refractivity contribution is 0.340. The van der Waals surface area contributed by atoms with Crippen molar-refractivity contribution in [1.82, 2.24) is 14.9 Å². The Morgan fingerprint density at radius 2 is 2.00 bits per heavy atom. The summed E-state index contributed by atoms with van der Waals surface area (Å²) in [6.45, 7) is 2.55. The van der Waals surface area contributed by atoms with Crippen molar-refractivity contribution < 1.29 is 9.47 Å². The van der Waals surface area contributed by atoms with Crippen molar-refractivity contribution in [2.45, 2.75) is 6.92 Å². The second kappa shape index (κ2) is 7.76. The Labute approximate surface area is 150 Å². The van der Waals surface area contributed by atoms with Crippen LogP contribution in [-0.2, 0) is 0 Å². The predicted molar refractivity (Wildman–Crippen MR) is 100 cm³/mol. The Hall–Kier alpha value is -2.93. The highest BCUT2D eigenvalue weighted by Crippen LogP contribution is 2.22. The van der Waals surface area contributed by atoms with E-state index in [0.717, 1.165) is 22.6 Å². The summed E-state index contributed by atoms with van der Waals surface area (Å²) in [5.74, 6) is 2.20.